The summed E-state index contributed by atoms with van der Waals surface area (Å²) in [7, 11) is 1.94. The van der Waals surface area contributed by atoms with Gasteiger partial charge in [-0.25, -0.2) is 4.39 Å². The monoisotopic (exact) mass is 285 g/mol. The molecule has 0 saturated heterocycles. The second-order valence-electron chi connectivity index (χ2n) is 4.54. The van der Waals surface area contributed by atoms with Crippen LogP contribution in [0.2, 0.25) is 0 Å². The third-order valence-electron chi connectivity index (χ3n) is 3.26. The van der Waals surface area contributed by atoms with Crippen molar-refractivity contribution in [1.82, 2.24) is 5.32 Å². The van der Waals surface area contributed by atoms with Crippen molar-refractivity contribution >= 4 is 15.9 Å². The van der Waals surface area contributed by atoms with Crippen LogP contribution in [0, 0.1) is 11.7 Å². The van der Waals surface area contributed by atoms with Gasteiger partial charge in [-0.3, -0.25) is 0 Å². The molecular formula is C13H17BrFN. The van der Waals surface area contributed by atoms with Crippen molar-refractivity contribution in [1.29, 1.82) is 0 Å². The summed E-state index contributed by atoms with van der Waals surface area (Å²) in [6.45, 7) is 0. The standard InChI is InChI=1S/C13H17BrFN/c1-16-13(7-4-9-2-3-9)10-5-6-11(14)12(15)8-10/h5-6,8-9,13,16H,2-4,7H2,1H3. The molecule has 1 aromatic rings. The SMILES string of the molecule is CNC(CCC1CC1)c1ccc(Br)c(F)c1. The third kappa shape index (κ3) is 3.05. The van der Waals surface area contributed by atoms with E-state index in [-0.39, 0.29) is 11.9 Å². The van der Waals surface area contributed by atoms with E-state index in [1.165, 1.54) is 19.3 Å². The Bertz CT molecular complexity index is 363. The van der Waals surface area contributed by atoms with E-state index in [2.05, 4.69) is 21.2 Å². The molecule has 1 nitrogen and oxygen atoms in total. The summed E-state index contributed by atoms with van der Waals surface area (Å²) >= 11 is 3.18. The average molecular weight is 286 g/mol. The minimum Gasteiger partial charge on any atom is -0.313 e. The van der Waals surface area contributed by atoms with Crippen LogP contribution in [0.3, 0.4) is 0 Å². The van der Waals surface area contributed by atoms with Crippen molar-refractivity contribution in [2.24, 2.45) is 5.92 Å². The van der Waals surface area contributed by atoms with E-state index in [1.54, 1.807) is 12.1 Å². The van der Waals surface area contributed by atoms with Gasteiger partial charge >= 0.3 is 0 Å². The van der Waals surface area contributed by atoms with Gasteiger partial charge in [0, 0.05) is 6.04 Å². The Morgan fingerprint density at radius 2 is 2.25 bits per heavy atom. The highest BCUT2D eigenvalue weighted by atomic mass is 79.9. The summed E-state index contributed by atoms with van der Waals surface area (Å²) in [5.41, 5.74) is 1.05. The molecule has 2 rings (SSSR count). The van der Waals surface area contributed by atoms with E-state index in [0.717, 1.165) is 17.9 Å². The summed E-state index contributed by atoms with van der Waals surface area (Å²) < 4.78 is 13.9. The van der Waals surface area contributed by atoms with Crippen molar-refractivity contribution in [3.8, 4) is 0 Å². The second kappa shape index (κ2) is 5.28. The fourth-order valence-electron chi connectivity index (χ4n) is 2.02. The molecule has 1 aliphatic rings. The number of rotatable bonds is 5. The highest BCUT2D eigenvalue weighted by Crippen LogP contribution is 2.36. The van der Waals surface area contributed by atoms with Crippen molar-refractivity contribution in [2.75, 3.05) is 7.05 Å². The smallest absolute Gasteiger partial charge is 0.137 e. The molecule has 0 radical (unpaired) electrons. The largest absolute Gasteiger partial charge is 0.313 e. The van der Waals surface area contributed by atoms with Crippen LogP contribution in [0.4, 0.5) is 4.39 Å². The molecule has 0 bridgehead atoms. The minimum absolute atomic E-state index is 0.177. The van der Waals surface area contributed by atoms with E-state index in [0.29, 0.717) is 4.47 Å². The second-order valence-corrected chi connectivity index (χ2v) is 5.39. The molecule has 1 fully saturated rings. The number of hydrogen-bond donors (Lipinski definition) is 1. The normalized spacial score (nSPS) is 17.4. The Balaban J connectivity index is 2.02. The number of benzene rings is 1. The van der Waals surface area contributed by atoms with Gasteiger partial charge in [0.2, 0.25) is 0 Å². The Morgan fingerprint density at radius 3 is 2.81 bits per heavy atom. The first kappa shape index (κ1) is 12.1. The Hall–Kier alpha value is -0.410. The van der Waals surface area contributed by atoms with Gasteiger partial charge in [-0.05, 0) is 59.4 Å². The molecule has 1 unspecified atom stereocenters. The first-order chi connectivity index (χ1) is 7.70. The third-order valence-corrected chi connectivity index (χ3v) is 3.90. The van der Waals surface area contributed by atoms with Gasteiger partial charge in [-0.2, -0.15) is 0 Å². The maximum absolute atomic E-state index is 13.4. The molecule has 0 aromatic heterocycles. The van der Waals surface area contributed by atoms with Crippen LogP contribution < -0.4 is 5.32 Å². The van der Waals surface area contributed by atoms with Gasteiger partial charge in [-0.1, -0.05) is 18.9 Å². The predicted molar refractivity (Wildman–Crippen MR) is 67.9 cm³/mol. The highest BCUT2D eigenvalue weighted by Gasteiger charge is 2.22. The van der Waals surface area contributed by atoms with Gasteiger partial charge in [0.25, 0.3) is 0 Å². The molecule has 3 heteroatoms. The molecule has 0 heterocycles. The molecule has 1 aliphatic carbocycles. The molecule has 0 amide bonds. The highest BCUT2D eigenvalue weighted by molar-refractivity contribution is 9.10. The lowest BCUT2D eigenvalue weighted by atomic mass is 10.0. The Morgan fingerprint density at radius 1 is 1.50 bits per heavy atom. The fraction of sp³-hybridized carbons (Fsp3) is 0.538. The zero-order valence-corrected chi connectivity index (χ0v) is 11.1. The molecule has 1 aromatic carbocycles. The van der Waals surface area contributed by atoms with Gasteiger partial charge in [0.1, 0.15) is 5.82 Å². The number of hydrogen-bond acceptors (Lipinski definition) is 1. The minimum atomic E-state index is -0.177. The van der Waals surface area contributed by atoms with Crippen LogP contribution in [0.5, 0.6) is 0 Å². The predicted octanol–water partition coefficient (Wildman–Crippen LogP) is 4.04. The lowest BCUT2D eigenvalue weighted by molar-refractivity contribution is 0.502. The van der Waals surface area contributed by atoms with Crippen LogP contribution in [0.25, 0.3) is 0 Å². The van der Waals surface area contributed by atoms with Gasteiger partial charge < -0.3 is 5.32 Å². The lowest BCUT2D eigenvalue weighted by Gasteiger charge is -2.16. The number of halogens is 2. The van der Waals surface area contributed by atoms with Crippen molar-refractivity contribution in [2.45, 2.75) is 31.7 Å². The van der Waals surface area contributed by atoms with Crippen molar-refractivity contribution < 1.29 is 4.39 Å². The van der Waals surface area contributed by atoms with Crippen LogP contribution in [0.1, 0.15) is 37.3 Å². The fourth-order valence-corrected chi connectivity index (χ4v) is 2.26. The maximum Gasteiger partial charge on any atom is 0.137 e. The summed E-state index contributed by atoms with van der Waals surface area (Å²) in [5, 5.41) is 3.27. The van der Waals surface area contributed by atoms with Gasteiger partial charge in [0.05, 0.1) is 4.47 Å². The molecule has 0 spiro atoms. The summed E-state index contributed by atoms with van der Waals surface area (Å²) in [4.78, 5) is 0. The van der Waals surface area contributed by atoms with Crippen molar-refractivity contribution in [3.05, 3.63) is 34.1 Å². The van der Waals surface area contributed by atoms with Crippen LogP contribution >= 0.6 is 15.9 Å². The molecular weight excluding hydrogens is 269 g/mol. The van der Waals surface area contributed by atoms with E-state index in [1.807, 2.05) is 13.1 Å². The molecule has 0 aliphatic heterocycles. The van der Waals surface area contributed by atoms with Gasteiger partial charge in [0.15, 0.2) is 0 Å². The zero-order chi connectivity index (χ0) is 11.5. The van der Waals surface area contributed by atoms with Crippen LogP contribution in [-0.2, 0) is 0 Å². The Labute approximate surface area is 105 Å². The van der Waals surface area contributed by atoms with Crippen LogP contribution in [0.15, 0.2) is 22.7 Å². The summed E-state index contributed by atoms with van der Waals surface area (Å²) in [6, 6.07) is 5.68. The number of nitrogens with one attached hydrogen (secondary N) is 1. The molecule has 1 atom stereocenters. The molecule has 1 saturated carbocycles. The van der Waals surface area contributed by atoms with E-state index in [9.17, 15) is 4.39 Å². The first-order valence-corrected chi connectivity index (χ1v) is 6.62. The summed E-state index contributed by atoms with van der Waals surface area (Å²) in [6.07, 6.45) is 5.11. The average Bonchev–Trinajstić information content (AvgIpc) is 3.08. The molecule has 88 valence electrons. The van der Waals surface area contributed by atoms with Crippen LogP contribution in [-0.4, -0.2) is 7.05 Å². The summed E-state index contributed by atoms with van der Waals surface area (Å²) in [5.74, 6) is 0.750. The topological polar surface area (TPSA) is 12.0 Å². The Kier molecular flexibility index (Phi) is 3.98. The molecule has 16 heavy (non-hydrogen) atoms. The first-order valence-electron chi connectivity index (χ1n) is 5.83. The maximum atomic E-state index is 13.4. The van der Waals surface area contributed by atoms with Crippen molar-refractivity contribution in [3.63, 3.8) is 0 Å². The molecule has 1 N–H and O–H groups in total. The van der Waals surface area contributed by atoms with E-state index >= 15 is 0 Å². The van der Waals surface area contributed by atoms with Gasteiger partial charge in [-0.15, -0.1) is 0 Å². The quantitative estimate of drug-likeness (QED) is 0.861. The van der Waals surface area contributed by atoms with E-state index < -0.39 is 0 Å². The zero-order valence-electron chi connectivity index (χ0n) is 9.47. The van der Waals surface area contributed by atoms with E-state index in [4.69, 9.17) is 0 Å². The lowest BCUT2D eigenvalue weighted by Crippen LogP contribution is -2.16.